The zero-order valence-electron chi connectivity index (χ0n) is 26.8. The van der Waals surface area contributed by atoms with Gasteiger partial charge in [-0.1, -0.05) is 153 Å². The smallest absolute Gasteiger partial charge is 0.378 e. The van der Waals surface area contributed by atoms with Crippen molar-refractivity contribution in [3.8, 4) is 0 Å². The van der Waals surface area contributed by atoms with Gasteiger partial charge in [0.15, 0.2) is 5.79 Å². The second-order valence-electron chi connectivity index (χ2n) is 11.8. The maximum Gasteiger partial charge on any atom is 2.00 e. The van der Waals surface area contributed by atoms with Gasteiger partial charge in [-0.2, -0.15) is 0 Å². The predicted octanol–water partition coefficient (Wildman–Crippen LogP) is 8.72. The Morgan fingerprint density at radius 1 is 0.578 bits per heavy atom. The van der Waals surface area contributed by atoms with Gasteiger partial charge in [-0.3, -0.25) is 0 Å². The Kier molecular flexibility index (Phi) is 13.9. The number of hydrogen-bond acceptors (Lipinski definition) is 4. The molecule has 4 nitrogen and oxygen atoms in total. The average molecular weight is 640 g/mol. The Bertz CT molecular complexity index is 1210. The van der Waals surface area contributed by atoms with E-state index in [1.165, 1.54) is 32.1 Å². The molecule has 234 valence electrons. The summed E-state index contributed by atoms with van der Waals surface area (Å²) in [7, 11) is 0. The summed E-state index contributed by atoms with van der Waals surface area (Å²) in [6.07, 6.45) is 9.26. The van der Waals surface area contributed by atoms with Crippen LogP contribution in [0.5, 0.6) is 0 Å². The molecule has 1 aliphatic heterocycles. The van der Waals surface area contributed by atoms with Gasteiger partial charge in [0, 0.05) is 0 Å². The van der Waals surface area contributed by atoms with Crippen LogP contribution in [0.3, 0.4) is 0 Å². The van der Waals surface area contributed by atoms with Gasteiger partial charge < -0.3 is 19.7 Å². The van der Waals surface area contributed by atoms with Crippen molar-refractivity contribution in [2.75, 3.05) is 0 Å². The van der Waals surface area contributed by atoms with Gasteiger partial charge in [-0.25, -0.2) is 19.1 Å². The molecule has 45 heavy (non-hydrogen) atoms. The third kappa shape index (κ3) is 8.65. The molecule has 0 unspecified atom stereocenters. The van der Waals surface area contributed by atoms with Gasteiger partial charge in [-0.15, -0.1) is 6.92 Å². The van der Waals surface area contributed by atoms with Crippen LogP contribution in [-0.2, 0) is 42.4 Å². The average Bonchev–Trinajstić information content (AvgIpc) is 3.78. The van der Waals surface area contributed by atoms with E-state index in [4.69, 9.17) is 9.47 Å². The third-order valence-electron chi connectivity index (χ3n) is 8.26. The van der Waals surface area contributed by atoms with E-state index in [0.29, 0.717) is 22.3 Å². The van der Waals surface area contributed by atoms with Crippen molar-refractivity contribution in [2.24, 2.45) is 0 Å². The van der Waals surface area contributed by atoms with Crippen molar-refractivity contribution >= 4 is 0 Å². The van der Waals surface area contributed by atoms with Crippen LogP contribution < -0.4 is 0 Å². The summed E-state index contributed by atoms with van der Waals surface area (Å²) in [6.45, 7) is 8.99. The SMILES string of the molecule is C1CCCC1.CC1(C)O[C@@H](C(O)(c2ccccc2)c2ccccc2)[C@H](C(O)(c2ccccc2)c2ccccc2)O1.[CH2-]/C=C/C.[Ti+2]. The molecule has 0 spiro atoms. The molecular formula is C40H47O4Ti+. The minimum atomic E-state index is -1.60. The van der Waals surface area contributed by atoms with Crippen molar-refractivity contribution in [1.29, 1.82) is 0 Å². The van der Waals surface area contributed by atoms with Gasteiger partial charge >= 0.3 is 21.7 Å². The molecule has 0 bridgehead atoms. The molecule has 0 radical (unpaired) electrons. The molecule has 4 aromatic rings. The molecule has 6 rings (SSSR count). The molecule has 2 fully saturated rings. The van der Waals surface area contributed by atoms with E-state index >= 15 is 0 Å². The number of hydrogen-bond donors (Lipinski definition) is 2. The number of allylic oxidation sites excluding steroid dienone is 2. The second-order valence-corrected chi connectivity index (χ2v) is 11.8. The molecule has 2 atom stereocenters. The van der Waals surface area contributed by atoms with Crippen molar-refractivity contribution in [2.45, 2.75) is 82.1 Å². The van der Waals surface area contributed by atoms with Crippen molar-refractivity contribution in [3.63, 3.8) is 0 Å². The minimum absolute atomic E-state index is 0. The summed E-state index contributed by atoms with van der Waals surface area (Å²) in [4.78, 5) is 0. The van der Waals surface area contributed by atoms with E-state index in [1.807, 2.05) is 148 Å². The Hall–Kier alpha value is -2.96. The fourth-order valence-electron chi connectivity index (χ4n) is 6.01. The first kappa shape index (κ1) is 36.5. The van der Waals surface area contributed by atoms with E-state index in [0.717, 1.165) is 0 Å². The van der Waals surface area contributed by atoms with Crippen LogP contribution in [0.15, 0.2) is 133 Å². The summed E-state index contributed by atoms with van der Waals surface area (Å²) in [6, 6.07) is 37.8. The first-order valence-electron chi connectivity index (χ1n) is 15.7. The van der Waals surface area contributed by atoms with Gasteiger partial charge in [0.25, 0.3) is 0 Å². The number of benzene rings is 4. The van der Waals surface area contributed by atoms with Crippen LogP contribution in [-0.4, -0.2) is 28.2 Å². The molecule has 1 saturated carbocycles. The zero-order chi connectivity index (χ0) is 31.5. The van der Waals surface area contributed by atoms with Crippen LogP contribution in [0.25, 0.3) is 0 Å². The molecule has 0 amide bonds. The molecule has 2 N–H and O–H groups in total. The summed E-state index contributed by atoms with van der Waals surface area (Å²) in [5.74, 6) is -1.05. The summed E-state index contributed by atoms with van der Waals surface area (Å²) in [5.41, 5.74) is -0.564. The van der Waals surface area contributed by atoms with Gasteiger partial charge in [0.1, 0.15) is 23.4 Å². The van der Waals surface area contributed by atoms with Crippen LogP contribution in [0.1, 0.15) is 75.1 Å². The Labute approximate surface area is 285 Å². The topological polar surface area (TPSA) is 58.9 Å². The Morgan fingerprint density at radius 2 is 0.800 bits per heavy atom. The van der Waals surface area contributed by atoms with Crippen LogP contribution in [0.2, 0.25) is 0 Å². The molecule has 1 heterocycles. The fraction of sp³-hybridized carbons (Fsp3) is 0.325. The maximum absolute atomic E-state index is 12.6. The summed E-state index contributed by atoms with van der Waals surface area (Å²) >= 11 is 0. The number of ether oxygens (including phenoxy) is 2. The van der Waals surface area contributed by atoms with Gasteiger partial charge in [-0.05, 0) is 36.1 Å². The van der Waals surface area contributed by atoms with Crippen LogP contribution >= 0.6 is 0 Å². The molecule has 0 aromatic heterocycles. The van der Waals surface area contributed by atoms with E-state index in [1.54, 1.807) is 6.08 Å². The Morgan fingerprint density at radius 3 is 1.00 bits per heavy atom. The van der Waals surface area contributed by atoms with Crippen molar-refractivity contribution in [3.05, 3.63) is 163 Å². The third-order valence-corrected chi connectivity index (χ3v) is 8.26. The largest absolute Gasteiger partial charge is 2.00 e. The summed E-state index contributed by atoms with van der Waals surface area (Å²) < 4.78 is 13.0. The fourth-order valence-corrected chi connectivity index (χ4v) is 6.01. The molecule has 2 aliphatic rings. The minimum Gasteiger partial charge on any atom is -0.378 e. The standard InChI is InChI=1S/C31H30O4.C5H10.C4H7.Ti/c1-29(2)34-27(30(32,23-15-7-3-8-16-23)24-17-9-4-10-18-24)28(35-29)31(33,25-19-11-5-12-20-25)26-21-13-6-14-22-26;1-2-4-5-3-1;1-3-4-2;/h3-22,27-28,32-33H,1-2H3;1-5H2;3-4H,1H2,2H3;/q;;-1;+2/b;;4-3+;/t27-,28-;;;/m1.../s1. The monoisotopic (exact) mass is 639 g/mol. The van der Waals surface area contributed by atoms with Crippen LogP contribution in [0.4, 0.5) is 0 Å². The molecule has 1 saturated heterocycles. The van der Waals surface area contributed by atoms with E-state index < -0.39 is 29.2 Å². The van der Waals surface area contributed by atoms with Crippen LogP contribution in [0, 0.1) is 6.92 Å². The van der Waals surface area contributed by atoms with Gasteiger partial charge in [0.05, 0.1) is 0 Å². The van der Waals surface area contributed by atoms with E-state index in [-0.39, 0.29) is 21.7 Å². The van der Waals surface area contributed by atoms with Crippen molar-refractivity contribution in [1.82, 2.24) is 0 Å². The van der Waals surface area contributed by atoms with Gasteiger partial charge in [0.2, 0.25) is 0 Å². The molecular weight excluding hydrogens is 592 g/mol. The number of rotatable bonds is 6. The molecule has 4 aromatic carbocycles. The zero-order valence-corrected chi connectivity index (χ0v) is 28.4. The first-order chi connectivity index (χ1) is 21.3. The Balaban J connectivity index is 0.000000482. The number of aliphatic hydroxyl groups is 2. The first-order valence-corrected chi connectivity index (χ1v) is 15.7. The predicted molar refractivity (Wildman–Crippen MR) is 179 cm³/mol. The maximum atomic E-state index is 12.6. The van der Waals surface area contributed by atoms with Crippen molar-refractivity contribution < 1.29 is 41.4 Å². The summed E-state index contributed by atoms with van der Waals surface area (Å²) in [5, 5.41) is 25.2. The van der Waals surface area contributed by atoms with E-state index in [9.17, 15) is 10.2 Å². The quantitative estimate of drug-likeness (QED) is 0.164. The normalized spacial score (nSPS) is 19.0. The van der Waals surface area contributed by atoms with E-state index in [2.05, 4.69) is 6.92 Å². The molecule has 5 heteroatoms. The second kappa shape index (κ2) is 17.1. The molecule has 1 aliphatic carbocycles.